The Kier molecular flexibility index (Phi) is 6.79. The number of carbonyl (C=O) groups is 1. The van der Waals surface area contributed by atoms with Gasteiger partial charge in [0, 0.05) is 12.7 Å². The molecule has 0 aliphatic heterocycles. The Morgan fingerprint density at radius 2 is 1.69 bits per heavy atom. The van der Waals surface area contributed by atoms with Crippen molar-refractivity contribution in [1.82, 2.24) is 0 Å². The highest BCUT2D eigenvalue weighted by Gasteiger charge is 2.31. The summed E-state index contributed by atoms with van der Waals surface area (Å²) in [4.78, 5) is 12.5. The lowest BCUT2D eigenvalue weighted by Crippen LogP contribution is -2.28. The van der Waals surface area contributed by atoms with Gasteiger partial charge in [0.15, 0.2) is 0 Å². The van der Waals surface area contributed by atoms with E-state index in [1.807, 2.05) is 19.1 Å². The topological polar surface area (TPSA) is 75.7 Å². The summed E-state index contributed by atoms with van der Waals surface area (Å²) in [5, 5.41) is 3.97. The van der Waals surface area contributed by atoms with Gasteiger partial charge in [0.2, 0.25) is 0 Å². The smallest absolute Gasteiger partial charge is 0.406 e. The van der Waals surface area contributed by atoms with Crippen molar-refractivity contribution in [2.24, 2.45) is 0 Å². The quantitative estimate of drug-likeness (QED) is 0.495. The first-order chi connectivity index (χ1) is 15.0. The number of hydrogen-bond donors (Lipinski definition) is 1. The molecule has 0 aliphatic carbocycles. The molecule has 1 N–H and O–H groups in total. The molecule has 0 saturated carbocycles. The normalized spacial score (nSPS) is 11.8. The van der Waals surface area contributed by atoms with Gasteiger partial charge in [0.05, 0.1) is 5.69 Å². The summed E-state index contributed by atoms with van der Waals surface area (Å²) in [6.07, 6.45) is -4.01. The van der Waals surface area contributed by atoms with Gasteiger partial charge in [-0.1, -0.05) is 19.1 Å². The molecular formula is C21H19F3N2O4S2. The van der Waals surface area contributed by atoms with E-state index in [9.17, 15) is 26.4 Å². The van der Waals surface area contributed by atoms with E-state index in [4.69, 9.17) is 0 Å². The van der Waals surface area contributed by atoms with Crippen LogP contribution in [0.1, 0.15) is 22.2 Å². The molecule has 11 heteroatoms. The summed E-state index contributed by atoms with van der Waals surface area (Å²) in [6.45, 7) is 1.99. The molecule has 1 heterocycles. The average molecular weight is 485 g/mol. The van der Waals surface area contributed by atoms with Crippen LogP contribution in [0.3, 0.4) is 0 Å². The highest BCUT2D eigenvalue weighted by atomic mass is 32.2. The van der Waals surface area contributed by atoms with Gasteiger partial charge in [0.1, 0.15) is 15.5 Å². The van der Waals surface area contributed by atoms with Crippen LogP contribution < -0.4 is 14.4 Å². The van der Waals surface area contributed by atoms with E-state index in [2.05, 4.69) is 10.1 Å². The molecule has 0 aliphatic rings. The number of amides is 1. The minimum absolute atomic E-state index is 0.0438. The summed E-state index contributed by atoms with van der Waals surface area (Å²) in [7, 11) is -2.63. The third kappa shape index (κ3) is 5.40. The lowest BCUT2D eigenvalue weighted by molar-refractivity contribution is -0.274. The largest absolute Gasteiger partial charge is 0.573 e. The minimum Gasteiger partial charge on any atom is -0.406 e. The summed E-state index contributed by atoms with van der Waals surface area (Å²) < 4.78 is 67.9. The van der Waals surface area contributed by atoms with Crippen LogP contribution in [0.5, 0.6) is 5.75 Å². The Labute approximate surface area is 187 Å². The Morgan fingerprint density at radius 3 is 2.25 bits per heavy atom. The molecule has 3 aromatic rings. The van der Waals surface area contributed by atoms with Crippen LogP contribution in [0, 0.1) is 0 Å². The Hall–Kier alpha value is -3.05. The number of nitrogens with one attached hydrogen (secondary N) is 1. The van der Waals surface area contributed by atoms with Crippen LogP contribution in [0.4, 0.5) is 24.5 Å². The predicted molar refractivity (Wildman–Crippen MR) is 117 cm³/mol. The number of sulfonamides is 1. The van der Waals surface area contributed by atoms with Crippen molar-refractivity contribution >= 4 is 38.6 Å². The number of halogens is 3. The monoisotopic (exact) mass is 484 g/mol. The van der Waals surface area contributed by atoms with Gasteiger partial charge in [-0.05, 0) is 59.8 Å². The zero-order valence-electron chi connectivity index (χ0n) is 17.0. The number of nitrogens with zero attached hydrogens (tertiary/aromatic N) is 1. The molecule has 6 nitrogen and oxygen atoms in total. The van der Waals surface area contributed by atoms with E-state index < -0.39 is 28.0 Å². The molecule has 0 saturated heterocycles. The van der Waals surface area contributed by atoms with Crippen LogP contribution in [-0.2, 0) is 16.4 Å². The van der Waals surface area contributed by atoms with E-state index >= 15 is 0 Å². The van der Waals surface area contributed by atoms with Crippen molar-refractivity contribution in [3.05, 3.63) is 70.4 Å². The van der Waals surface area contributed by atoms with E-state index in [0.717, 1.165) is 39.8 Å². The fourth-order valence-corrected chi connectivity index (χ4v) is 5.31. The number of aryl methyl sites for hydroxylation is 1. The van der Waals surface area contributed by atoms with E-state index in [1.165, 1.54) is 30.6 Å². The van der Waals surface area contributed by atoms with Gasteiger partial charge < -0.3 is 10.1 Å². The molecule has 0 fully saturated rings. The SMILES string of the molecule is CCc1ccc(N(C)S(=O)(=O)c2ccsc2C(=O)Nc2ccc(OC(F)(F)F)cc2)cc1. The van der Waals surface area contributed by atoms with E-state index in [1.54, 1.807) is 12.1 Å². The second-order valence-corrected chi connectivity index (χ2v) is 9.49. The molecule has 170 valence electrons. The van der Waals surface area contributed by atoms with Gasteiger partial charge in [-0.15, -0.1) is 24.5 Å². The zero-order valence-corrected chi connectivity index (χ0v) is 18.6. The van der Waals surface area contributed by atoms with Gasteiger partial charge in [-0.3, -0.25) is 9.10 Å². The maximum absolute atomic E-state index is 13.1. The first-order valence-electron chi connectivity index (χ1n) is 9.34. The fraction of sp³-hybridized carbons (Fsp3) is 0.190. The number of rotatable bonds is 7. The lowest BCUT2D eigenvalue weighted by Gasteiger charge is -2.20. The first-order valence-corrected chi connectivity index (χ1v) is 11.7. The second-order valence-electron chi connectivity index (χ2n) is 6.63. The predicted octanol–water partition coefficient (Wildman–Crippen LogP) is 5.29. The minimum atomic E-state index is -4.83. The summed E-state index contributed by atoms with van der Waals surface area (Å²) >= 11 is 0.942. The Bertz CT molecular complexity index is 1190. The van der Waals surface area contributed by atoms with Gasteiger partial charge >= 0.3 is 6.36 Å². The van der Waals surface area contributed by atoms with Crippen LogP contribution in [0.15, 0.2) is 64.9 Å². The van der Waals surface area contributed by atoms with Crippen molar-refractivity contribution in [2.75, 3.05) is 16.7 Å². The van der Waals surface area contributed by atoms with Crippen LogP contribution in [-0.4, -0.2) is 27.7 Å². The average Bonchev–Trinajstić information content (AvgIpc) is 3.25. The third-order valence-corrected chi connectivity index (χ3v) is 7.40. The van der Waals surface area contributed by atoms with E-state index in [-0.39, 0.29) is 15.5 Å². The van der Waals surface area contributed by atoms with Gasteiger partial charge in [-0.2, -0.15) is 0 Å². The summed E-state index contributed by atoms with van der Waals surface area (Å²) in [5.74, 6) is -1.14. The molecule has 0 atom stereocenters. The number of hydrogen-bond acceptors (Lipinski definition) is 5. The van der Waals surface area contributed by atoms with Crippen LogP contribution in [0.25, 0.3) is 0 Å². The molecule has 1 amide bonds. The molecule has 2 aromatic carbocycles. The van der Waals surface area contributed by atoms with E-state index in [0.29, 0.717) is 5.69 Å². The van der Waals surface area contributed by atoms with Gasteiger partial charge in [0.25, 0.3) is 15.9 Å². The number of anilines is 2. The van der Waals surface area contributed by atoms with Crippen molar-refractivity contribution in [3.8, 4) is 5.75 Å². The molecular weight excluding hydrogens is 465 g/mol. The highest BCUT2D eigenvalue weighted by molar-refractivity contribution is 7.93. The van der Waals surface area contributed by atoms with Gasteiger partial charge in [-0.25, -0.2) is 8.42 Å². The Balaban J connectivity index is 1.79. The van der Waals surface area contributed by atoms with Crippen molar-refractivity contribution in [2.45, 2.75) is 24.6 Å². The molecule has 32 heavy (non-hydrogen) atoms. The standard InChI is InChI=1S/C21H19F3N2O4S2/c1-3-14-4-8-16(9-5-14)26(2)32(28,29)18-12-13-31-19(18)20(27)25-15-6-10-17(11-7-15)30-21(22,23)24/h4-13H,3H2,1-2H3,(H,25,27). The number of thiophene rings is 1. The number of alkyl halides is 3. The first kappa shape index (κ1) is 23.6. The number of carbonyl (C=O) groups excluding carboxylic acids is 1. The van der Waals surface area contributed by atoms with Crippen molar-refractivity contribution in [3.63, 3.8) is 0 Å². The summed E-state index contributed by atoms with van der Waals surface area (Å²) in [6, 6.07) is 12.9. The van der Waals surface area contributed by atoms with Crippen LogP contribution >= 0.6 is 11.3 Å². The maximum atomic E-state index is 13.1. The number of benzene rings is 2. The number of ether oxygens (including phenoxy) is 1. The van der Waals surface area contributed by atoms with Crippen molar-refractivity contribution < 1.29 is 31.1 Å². The lowest BCUT2D eigenvalue weighted by atomic mass is 10.1. The maximum Gasteiger partial charge on any atom is 0.573 e. The summed E-state index contributed by atoms with van der Waals surface area (Å²) in [5.41, 5.74) is 1.69. The van der Waals surface area contributed by atoms with Crippen molar-refractivity contribution in [1.29, 1.82) is 0 Å². The van der Waals surface area contributed by atoms with Crippen LogP contribution in [0.2, 0.25) is 0 Å². The third-order valence-electron chi connectivity index (χ3n) is 4.53. The molecule has 0 radical (unpaired) electrons. The Morgan fingerprint density at radius 1 is 1.06 bits per heavy atom. The molecule has 0 bridgehead atoms. The molecule has 0 spiro atoms. The zero-order chi connectivity index (χ0) is 23.5. The molecule has 0 unspecified atom stereocenters. The highest BCUT2D eigenvalue weighted by Crippen LogP contribution is 2.29. The fourth-order valence-electron chi connectivity index (χ4n) is 2.82. The molecule has 3 rings (SSSR count). The second kappa shape index (κ2) is 9.21. The molecule has 1 aromatic heterocycles.